The molecule has 0 spiro atoms. The van der Waals surface area contributed by atoms with Gasteiger partial charge in [-0.2, -0.15) is 0 Å². The van der Waals surface area contributed by atoms with Gasteiger partial charge in [0.25, 0.3) is 10.0 Å². The fraction of sp³-hybridized carbons (Fsp3) is 0. The zero-order valence-electron chi connectivity index (χ0n) is 9.27. The number of hydrogen-bond donors (Lipinski definition) is 1. The molecule has 0 atom stereocenters. The predicted molar refractivity (Wildman–Crippen MR) is 79.2 cm³/mol. The smallest absolute Gasteiger partial charge is 0.262 e. The van der Waals surface area contributed by atoms with E-state index in [4.69, 9.17) is 23.2 Å². The van der Waals surface area contributed by atoms with E-state index in [2.05, 4.69) is 25.6 Å². The molecule has 2 aromatic rings. The van der Waals surface area contributed by atoms with Crippen molar-refractivity contribution in [1.82, 2.24) is 4.98 Å². The van der Waals surface area contributed by atoms with Crippen molar-refractivity contribution in [3.8, 4) is 0 Å². The number of hydrogen-bond acceptors (Lipinski definition) is 3. The molecule has 1 heterocycles. The molecule has 0 amide bonds. The van der Waals surface area contributed by atoms with Crippen LogP contribution in [0, 0.1) is 0 Å². The van der Waals surface area contributed by atoms with Crippen LogP contribution >= 0.6 is 39.1 Å². The summed E-state index contributed by atoms with van der Waals surface area (Å²) in [5.41, 5.74) is 0. The molecule has 1 aromatic carbocycles. The fourth-order valence-corrected chi connectivity index (χ4v) is 3.31. The summed E-state index contributed by atoms with van der Waals surface area (Å²) in [6, 6.07) is 7.37. The van der Waals surface area contributed by atoms with E-state index in [9.17, 15) is 8.42 Å². The molecule has 0 unspecified atom stereocenters. The Bertz CT molecular complexity index is 705. The van der Waals surface area contributed by atoms with Gasteiger partial charge in [-0.15, -0.1) is 0 Å². The molecule has 19 heavy (non-hydrogen) atoms. The number of aromatic nitrogens is 1. The first kappa shape index (κ1) is 14.6. The first-order valence-electron chi connectivity index (χ1n) is 4.98. The first-order valence-corrected chi connectivity index (χ1v) is 8.01. The topological polar surface area (TPSA) is 59.1 Å². The van der Waals surface area contributed by atoms with Crippen LogP contribution in [0.1, 0.15) is 0 Å². The van der Waals surface area contributed by atoms with Crippen molar-refractivity contribution >= 4 is 55.0 Å². The average molecular weight is 382 g/mol. The van der Waals surface area contributed by atoms with Gasteiger partial charge in [-0.05, 0) is 46.3 Å². The van der Waals surface area contributed by atoms with Crippen molar-refractivity contribution in [2.75, 3.05) is 4.72 Å². The minimum absolute atomic E-state index is 0.0977. The van der Waals surface area contributed by atoms with Crippen LogP contribution in [0.3, 0.4) is 0 Å². The number of rotatable bonds is 3. The monoisotopic (exact) mass is 380 g/mol. The fourth-order valence-electron chi connectivity index (χ4n) is 1.29. The van der Waals surface area contributed by atoms with Crippen LogP contribution in [-0.4, -0.2) is 13.4 Å². The Balaban J connectivity index is 2.33. The molecular formula is C11H7BrCl2N2O2S. The number of pyridine rings is 1. The van der Waals surface area contributed by atoms with E-state index in [1.807, 2.05) is 0 Å². The predicted octanol–water partition coefficient (Wildman–Crippen LogP) is 3.95. The van der Waals surface area contributed by atoms with Crippen LogP contribution in [0.15, 0.2) is 45.9 Å². The van der Waals surface area contributed by atoms with Crippen LogP contribution in [-0.2, 0) is 10.0 Å². The van der Waals surface area contributed by atoms with Crippen molar-refractivity contribution in [2.45, 2.75) is 4.90 Å². The largest absolute Gasteiger partial charge is 0.263 e. The van der Waals surface area contributed by atoms with E-state index in [1.54, 1.807) is 6.07 Å². The SMILES string of the molecule is O=S(=O)(Nc1ncc(Cl)cc1Br)c1ccc(Cl)cc1. The summed E-state index contributed by atoms with van der Waals surface area (Å²) < 4.78 is 27.0. The van der Waals surface area contributed by atoms with Crippen molar-refractivity contribution in [3.63, 3.8) is 0 Å². The highest BCUT2D eigenvalue weighted by atomic mass is 79.9. The van der Waals surface area contributed by atoms with Crippen molar-refractivity contribution in [2.24, 2.45) is 0 Å². The number of halogens is 3. The molecule has 0 aliphatic carbocycles. The summed E-state index contributed by atoms with van der Waals surface area (Å²) in [5, 5.41) is 0.867. The highest BCUT2D eigenvalue weighted by molar-refractivity contribution is 9.10. The molecule has 1 N–H and O–H groups in total. The quantitative estimate of drug-likeness (QED) is 0.875. The molecule has 0 radical (unpaired) electrons. The van der Waals surface area contributed by atoms with Gasteiger partial charge in [-0.25, -0.2) is 13.4 Å². The lowest BCUT2D eigenvalue weighted by molar-refractivity contribution is 0.601. The zero-order chi connectivity index (χ0) is 14.0. The highest BCUT2D eigenvalue weighted by Crippen LogP contribution is 2.25. The second-order valence-electron chi connectivity index (χ2n) is 3.54. The van der Waals surface area contributed by atoms with E-state index in [0.29, 0.717) is 14.5 Å². The van der Waals surface area contributed by atoms with E-state index >= 15 is 0 Å². The normalized spacial score (nSPS) is 11.3. The maximum absolute atomic E-state index is 12.1. The van der Waals surface area contributed by atoms with Gasteiger partial charge in [-0.1, -0.05) is 23.2 Å². The van der Waals surface area contributed by atoms with Crippen LogP contribution < -0.4 is 4.72 Å². The average Bonchev–Trinajstić information content (AvgIpc) is 2.33. The molecule has 1 aromatic heterocycles. The molecule has 0 fully saturated rings. The molecule has 4 nitrogen and oxygen atoms in total. The minimum Gasteiger partial charge on any atom is -0.262 e. The van der Waals surface area contributed by atoms with Gasteiger partial charge in [0.2, 0.25) is 0 Å². The van der Waals surface area contributed by atoms with Crippen LogP contribution in [0.2, 0.25) is 10.0 Å². The number of nitrogens with zero attached hydrogens (tertiary/aromatic N) is 1. The molecular weight excluding hydrogens is 375 g/mol. The van der Waals surface area contributed by atoms with E-state index in [0.717, 1.165) is 0 Å². The van der Waals surface area contributed by atoms with Gasteiger partial charge < -0.3 is 0 Å². The summed E-state index contributed by atoms with van der Waals surface area (Å²) in [7, 11) is -3.71. The summed E-state index contributed by atoms with van der Waals surface area (Å²) in [4.78, 5) is 4.01. The Hall–Kier alpha value is -0.820. The maximum Gasteiger partial charge on any atom is 0.263 e. The molecule has 2 rings (SSSR count). The third-order valence-electron chi connectivity index (χ3n) is 2.16. The van der Waals surface area contributed by atoms with Gasteiger partial charge in [0, 0.05) is 11.2 Å². The molecule has 0 aliphatic rings. The molecule has 0 aliphatic heterocycles. The van der Waals surface area contributed by atoms with Crippen LogP contribution in [0.25, 0.3) is 0 Å². The number of anilines is 1. The summed E-state index contributed by atoms with van der Waals surface area (Å²) in [6.45, 7) is 0. The molecule has 0 saturated carbocycles. The van der Waals surface area contributed by atoms with E-state index < -0.39 is 10.0 Å². The Morgan fingerprint density at radius 2 is 1.74 bits per heavy atom. The standard InChI is InChI=1S/C11H7BrCl2N2O2S/c12-10-5-8(14)6-15-11(10)16-19(17,18)9-3-1-7(13)2-4-9/h1-6H,(H,15,16). The Morgan fingerprint density at radius 3 is 2.32 bits per heavy atom. The second-order valence-corrected chi connectivity index (χ2v) is 6.95. The zero-order valence-corrected chi connectivity index (χ0v) is 13.2. The lowest BCUT2D eigenvalue weighted by Crippen LogP contribution is -2.14. The van der Waals surface area contributed by atoms with Gasteiger partial charge in [0.1, 0.15) is 0 Å². The lowest BCUT2D eigenvalue weighted by atomic mass is 10.4. The third kappa shape index (κ3) is 3.60. The van der Waals surface area contributed by atoms with Gasteiger partial charge in [-0.3, -0.25) is 4.72 Å². The minimum atomic E-state index is -3.71. The molecule has 0 bridgehead atoms. The van der Waals surface area contributed by atoms with Gasteiger partial charge >= 0.3 is 0 Å². The molecule has 100 valence electrons. The van der Waals surface area contributed by atoms with Crippen molar-refractivity contribution in [1.29, 1.82) is 0 Å². The van der Waals surface area contributed by atoms with Crippen molar-refractivity contribution < 1.29 is 8.42 Å². The Kier molecular flexibility index (Phi) is 4.35. The highest BCUT2D eigenvalue weighted by Gasteiger charge is 2.16. The number of benzene rings is 1. The summed E-state index contributed by atoms with van der Waals surface area (Å²) >= 11 is 14.6. The summed E-state index contributed by atoms with van der Waals surface area (Å²) in [5.74, 6) is 0.166. The maximum atomic E-state index is 12.1. The van der Waals surface area contributed by atoms with Gasteiger partial charge in [0.05, 0.1) is 14.4 Å². The lowest BCUT2D eigenvalue weighted by Gasteiger charge is -2.09. The van der Waals surface area contributed by atoms with Crippen LogP contribution in [0.4, 0.5) is 5.82 Å². The Morgan fingerprint density at radius 1 is 1.11 bits per heavy atom. The van der Waals surface area contributed by atoms with Crippen molar-refractivity contribution in [3.05, 3.63) is 51.0 Å². The number of nitrogens with one attached hydrogen (secondary N) is 1. The second kappa shape index (κ2) is 5.66. The first-order chi connectivity index (χ1) is 8.88. The van der Waals surface area contributed by atoms with E-state index in [1.165, 1.54) is 30.5 Å². The van der Waals surface area contributed by atoms with Gasteiger partial charge in [0.15, 0.2) is 5.82 Å². The number of sulfonamides is 1. The Labute approximate surface area is 128 Å². The molecule has 0 saturated heterocycles. The van der Waals surface area contributed by atoms with Crippen LogP contribution in [0.5, 0.6) is 0 Å². The molecule has 8 heteroatoms. The van der Waals surface area contributed by atoms with E-state index in [-0.39, 0.29) is 10.7 Å². The summed E-state index contributed by atoms with van der Waals surface area (Å²) in [6.07, 6.45) is 1.35. The third-order valence-corrected chi connectivity index (χ3v) is 4.58.